The summed E-state index contributed by atoms with van der Waals surface area (Å²) in [6, 6.07) is 0.388. The van der Waals surface area contributed by atoms with Crippen LogP contribution in [-0.2, 0) is 0 Å². The van der Waals surface area contributed by atoms with E-state index in [9.17, 15) is 4.39 Å². The molecule has 0 aromatic heterocycles. The monoisotopic (exact) mass is 117 g/mol. The molecule has 1 saturated heterocycles. The lowest BCUT2D eigenvalue weighted by atomic mass is 10.1. The third-order valence-corrected chi connectivity index (χ3v) is 1.56. The van der Waals surface area contributed by atoms with Gasteiger partial charge in [-0.05, 0) is 26.3 Å². The summed E-state index contributed by atoms with van der Waals surface area (Å²) in [4.78, 5) is 0. The van der Waals surface area contributed by atoms with E-state index in [4.69, 9.17) is 0 Å². The number of nitrogens with one attached hydrogen (secondary N) is 1. The average Bonchev–Trinajstić information content (AvgIpc) is 1.64. The van der Waals surface area contributed by atoms with Crippen molar-refractivity contribution in [1.29, 1.82) is 0 Å². The highest BCUT2D eigenvalue weighted by Crippen LogP contribution is 2.10. The molecule has 48 valence electrons. The van der Waals surface area contributed by atoms with Crippen molar-refractivity contribution in [1.82, 2.24) is 5.32 Å². The first-order valence-electron chi connectivity index (χ1n) is 3.16. The van der Waals surface area contributed by atoms with Gasteiger partial charge in [-0.3, -0.25) is 0 Å². The summed E-state index contributed by atoms with van der Waals surface area (Å²) in [6.45, 7) is 2.87. The van der Waals surface area contributed by atoms with Crippen LogP contribution in [0, 0.1) is 0 Å². The molecule has 0 aromatic carbocycles. The molecular weight excluding hydrogens is 105 g/mol. The van der Waals surface area contributed by atoms with Crippen molar-refractivity contribution < 1.29 is 4.39 Å². The van der Waals surface area contributed by atoms with Gasteiger partial charge in [0.05, 0.1) is 0 Å². The standard InChI is InChI=1S/C6H12FN/c1-5-4-6(7)2-3-8-5/h5-6,8H,2-4H2,1H3/t5?,6-/m0/s1. The summed E-state index contributed by atoms with van der Waals surface area (Å²) in [5.74, 6) is 0. The van der Waals surface area contributed by atoms with E-state index in [0.717, 1.165) is 6.54 Å². The maximum atomic E-state index is 12.4. The molecule has 1 N–H and O–H groups in total. The Balaban J connectivity index is 2.23. The second kappa shape index (κ2) is 2.44. The minimum atomic E-state index is -0.550. The van der Waals surface area contributed by atoms with Crippen molar-refractivity contribution in [2.24, 2.45) is 0 Å². The summed E-state index contributed by atoms with van der Waals surface area (Å²) in [5, 5.41) is 3.17. The van der Waals surface area contributed by atoms with Crippen LogP contribution in [0.15, 0.2) is 0 Å². The van der Waals surface area contributed by atoms with E-state index in [1.54, 1.807) is 0 Å². The Labute approximate surface area is 49.3 Å². The van der Waals surface area contributed by atoms with Crippen molar-refractivity contribution in [2.75, 3.05) is 6.54 Å². The number of halogens is 1. The molecule has 2 atom stereocenters. The first kappa shape index (κ1) is 6.02. The number of rotatable bonds is 0. The Morgan fingerprint density at radius 3 is 2.75 bits per heavy atom. The van der Waals surface area contributed by atoms with Gasteiger partial charge >= 0.3 is 0 Å². The normalized spacial score (nSPS) is 39.8. The zero-order chi connectivity index (χ0) is 5.98. The van der Waals surface area contributed by atoms with Crippen LogP contribution in [0.25, 0.3) is 0 Å². The number of hydrogen-bond acceptors (Lipinski definition) is 1. The molecule has 1 heterocycles. The highest BCUT2D eigenvalue weighted by Gasteiger charge is 2.15. The topological polar surface area (TPSA) is 12.0 Å². The third-order valence-electron chi connectivity index (χ3n) is 1.56. The fourth-order valence-corrected chi connectivity index (χ4v) is 1.07. The minimum Gasteiger partial charge on any atom is -0.314 e. The van der Waals surface area contributed by atoms with E-state index in [1.807, 2.05) is 6.92 Å². The van der Waals surface area contributed by atoms with E-state index in [1.165, 1.54) is 0 Å². The zero-order valence-electron chi connectivity index (χ0n) is 5.15. The molecule has 0 bridgehead atoms. The molecule has 0 aliphatic carbocycles. The lowest BCUT2D eigenvalue weighted by Crippen LogP contribution is -2.36. The van der Waals surface area contributed by atoms with E-state index in [2.05, 4.69) is 5.32 Å². The maximum Gasteiger partial charge on any atom is 0.103 e. The Morgan fingerprint density at radius 1 is 1.62 bits per heavy atom. The Bertz CT molecular complexity index is 66.9. The molecule has 1 aliphatic rings. The van der Waals surface area contributed by atoms with Crippen LogP contribution in [-0.4, -0.2) is 18.8 Å². The van der Waals surface area contributed by atoms with Gasteiger partial charge in [0, 0.05) is 6.04 Å². The van der Waals surface area contributed by atoms with Gasteiger partial charge in [-0.2, -0.15) is 0 Å². The predicted octanol–water partition coefficient (Wildman–Crippen LogP) is 1.10. The van der Waals surface area contributed by atoms with Gasteiger partial charge in [-0.1, -0.05) is 0 Å². The Kier molecular flexibility index (Phi) is 1.84. The Morgan fingerprint density at radius 2 is 2.38 bits per heavy atom. The van der Waals surface area contributed by atoms with E-state index in [0.29, 0.717) is 18.9 Å². The van der Waals surface area contributed by atoms with E-state index in [-0.39, 0.29) is 0 Å². The zero-order valence-corrected chi connectivity index (χ0v) is 5.15. The molecule has 2 heteroatoms. The Hall–Kier alpha value is -0.110. The molecule has 1 rings (SSSR count). The third kappa shape index (κ3) is 1.44. The molecule has 0 amide bonds. The van der Waals surface area contributed by atoms with Gasteiger partial charge in [-0.15, -0.1) is 0 Å². The SMILES string of the molecule is CC1C[C@@H](F)CCN1. The quantitative estimate of drug-likeness (QED) is 0.501. The van der Waals surface area contributed by atoms with Crippen LogP contribution in [0.1, 0.15) is 19.8 Å². The van der Waals surface area contributed by atoms with Gasteiger partial charge in [0.15, 0.2) is 0 Å². The summed E-state index contributed by atoms with van der Waals surface area (Å²) in [6.07, 6.45) is 0.843. The maximum absolute atomic E-state index is 12.4. The number of hydrogen-bond donors (Lipinski definition) is 1. The molecule has 1 aliphatic heterocycles. The van der Waals surface area contributed by atoms with Crippen molar-refractivity contribution in [3.05, 3.63) is 0 Å². The van der Waals surface area contributed by atoms with Crippen molar-refractivity contribution >= 4 is 0 Å². The second-order valence-electron chi connectivity index (χ2n) is 2.48. The second-order valence-corrected chi connectivity index (χ2v) is 2.48. The van der Waals surface area contributed by atoms with Crippen LogP contribution in [0.5, 0.6) is 0 Å². The number of piperidine rings is 1. The van der Waals surface area contributed by atoms with Gasteiger partial charge < -0.3 is 5.32 Å². The van der Waals surface area contributed by atoms with Gasteiger partial charge in [-0.25, -0.2) is 4.39 Å². The molecular formula is C6H12FN. The van der Waals surface area contributed by atoms with Crippen LogP contribution >= 0.6 is 0 Å². The summed E-state index contributed by atoms with van der Waals surface area (Å²) in [5.41, 5.74) is 0. The molecule has 1 unspecified atom stereocenters. The molecule has 0 spiro atoms. The van der Waals surface area contributed by atoms with Crippen molar-refractivity contribution in [3.8, 4) is 0 Å². The predicted molar refractivity (Wildman–Crippen MR) is 31.6 cm³/mol. The first-order chi connectivity index (χ1) is 3.79. The van der Waals surface area contributed by atoms with Gasteiger partial charge in [0.2, 0.25) is 0 Å². The van der Waals surface area contributed by atoms with Crippen molar-refractivity contribution in [3.63, 3.8) is 0 Å². The van der Waals surface area contributed by atoms with Gasteiger partial charge in [0.25, 0.3) is 0 Å². The van der Waals surface area contributed by atoms with Crippen molar-refractivity contribution in [2.45, 2.75) is 32.0 Å². The summed E-state index contributed by atoms with van der Waals surface area (Å²) >= 11 is 0. The average molecular weight is 117 g/mol. The fourth-order valence-electron chi connectivity index (χ4n) is 1.07. The van der Waals surface area contributed by atoms with Gasteiger partial charge in [0.1, 0.15) is 6.17 Å². The lowest BCUT2D eigenvalue weighted by Gasteiger charge is -2.22. The molecule has 1 fully saturated rings. The van der Waals surface area contributed by atoms with Crippen LogP contribution in [0.4, 0.5) is 4.39 Å². The largest absolute Gasteiger partial charge is 0.314 e. The smallest absolute Gasteiger partial charge is 0.103 e. The lowest BCUT2D eigenvalue weighted by molar-refractivity contribution is 0.230. The fraction of sp³-hybridized carbons (Fsp3) is 1.00. The molecule has 0 saturated carbocycles. The van der Waals surface area contributed by atoms with E-state index < -0.39 is 6.17 Å². The number of alkyl halides is 1. The molecule has 1 nitrogen and oxygen atoms in total. The van der Waals surface area contributed by atoms with Crippen LogP contribution < -0.4 is 5.32 Å². The molecule has 0 aromatic rings. The summed E-state index contributed by atoms with van der Waals surface area (Å²) in [7, 11) is 0. The van der Waals surface area contributed by atoms with E-state index >= 15 is 0 Å². The van der Waals surface area contributed by atoms with Crippen LogP contribution in [0.3, 0.4) is 0 Å². The molecule has 8 heavy (non-hydrogen) atoms. The molecule has 0 radical (unpaired) electrons. The highest BCUT2D eigenvalue weighted by molar-refractivity contribution is 4.73. The van der Waals surface area contributed by atoms with Crippen LogP contribution in [0.2, 0.25) is 0 Å². The minimum absolute atomic E-state index is 0.388. The first-order valence-corrected chi connectivity index (χ1v) is 3.16. The summed E-state index contributed by atoms with van der Waals surface area (Å²) < 4.78 is 12.4. The highest BCUT2D eigenvalue weighted by atomic mass is 19.1.